The molecule has 0 aliphatic rings. The molecule has 0 spiro atoms. The molecule has 19 heavy (non-hydrogen) atoms. The highest BCUT2D eigenvalue weighted by Gasteiger charge is 2.16. The summed E-state index contributed by atoms with van der Waals surface area (Å²) >= 11 is 0. The van der Waals surface area contributed by atoms with Crippen molar-refractivity contribution in [3.63, 3.8) is 0 Å². The summed E-state index contributed by atoms with van der Waals surface area (Å²) in [5, 5.41) is 5.75. The number of fused-ring (bicyclic) bond motifs is 1. The van der Waals surface area contributed by atoms with Gasteiger partial charge in [0.05, 0.1) is 5.56 Å². The maximum atomic E-state index is 11.8. The van der Waals surface area contributed by atoms with Crippen LogP contribution >= 0.6 is 0 Å². The number of amides is 1. The Morgan fingerprint density at radius 1 is 1.21 bits per heavy atom. The molecule has 0 bridgehead atoms. The number of rotatable bonds is 2. The Hall–Kier alpha value is -2.62. The zero-order valence-corrected chi connectivity index (χ0v) is 10.4. The maximum Gasteiger partial charge on any atom is 0.250 e. The van der Waals surface area contributed by atoms with Crippen LogP contribution in [0.25, 0.3) is 22.0 Å². The molecule has 0 atom stereocenters. The molecule has 0 saturated heterocycles. The van der Waals surface area contributed by atoms with Gasteiger partial charge >= 0.3 is 0 Å². The molecular formula is C15H12N2O2. The van der Waals surface area contributed by atoms with E-state index in [1.54, 1.807) is 6.07 Å². The van der Waals surface area contributed by atoms with Crippen LogP contribution in [0.3, 0.4) is 0 Å². The van der Waals surface area contributed by atoms with Gasteiger partial charge < -0.3 is 10.3 Å². The predicted molar refractivity (Wildman–Crippen MR) is 72.7 cm³/mol. The molecule has 1 aromatic heterocycles. The predicted octanol–water partition coefficient (Wildman–Crippen LogP) is 2.90. The summed E-state index contributed by atoms with van der Waals surface area (Å²) < 4.78 is 5.06. The molecule has 0 radical (unpaired) electrons. The molecule has 1 heterocycles. The van der Waals surface area contributed by atoms with E-state index in [9.17, 15) is 4.79 Å². The molecule has 2 aromatic carbocycles. The fourth-order valence-electron chi connectivity index (χ4n) is 2.24. The van der Waals surface area contributed by atoms with E-state index in [1.807, 2.05) is 43.3 Å². The summed E-state index contributed by atoms with van der Waals surface area (Å²) in [5.41, 5.74) is 7.33. The second-order valence-electron chi connectivity index (χ2n) is 4.40. The first-order valence-corrected chi connectivity index (χ1v) is 5.92. The van der Waals surface area contributed by atoms with E-state index >= 15 is 0 Å². The van der Waals surface area contributed by atoms with Crippen LogP contribution in [0, 0.1) is 6.92 Å². The summed E-state index contributed by atoms with van der Waals surface area (Å²) in [6.07, 6.45) is 0. The van der Waals surface area contributed by atoms with E-state index in [0.717, 1.165) is 10.8 Å². The summed E-state index contributed by atoms with van der Waals surface area (Å²) in [6.45, 7) is 1.81. The van der Waals surface area contributed by atoms with E-state index in [0.29, 0.717) is 22.6 Å². The Labute approximate surface area is 109 Å². The maximum absolute atomic E-state index is 11.8. The van der Waals surface area contributed by atoms with Crippen LogP contribution in [0.15, 0.2) is 47.0 Å². The third kappa shape index (κ3) is 1.87. The van der Waals surface area contributed by atoms with Gasteiger partial charge in [0.15, 0.2) is 0 Å². The largest absolute Gasteiger partial charge is 0.366 e. The highest BCUT2D eigenvalue weighted by atomic mass is 16.5. The highest BCUT2D eigenvalue weighted by Crippen LogP contribution is 2.29. The first kappa shape index (κ1) is 11.5. The van der Waals surface area contributed by atoms with Gasteiger partial charge in [0.25, 0.3) is 0 Å². The van der Waals surface area contributed by atoms with E-state index < -0.39 is 5.91 Å². The molecule has 3 rings (SSSR count). The number of nitrogens with zero attached hydrogens (tertiary/aromatic N) is 1. The van der Waals surface area contributed by atoms with E-state index in [2.05, 4.69) is 5.16 Å². The molecule has 2 N–H and O–H groups in total. The summed E-state index contributed by atoms with van der Waals surface area (Å²) in [5.74, 6) is 0.228. The molecule has 0 aliphatic heterocycles. The quantitative estimate of drug-likeness (QED) is 0.762. The molecule has 0 unspecified atom stereocenters. The van der Waals surface area contributed by atoms with Gasteiger partial charge in [0, 0.05) is 11.6 Å². The van der Waals surface area contributed by atoms with Crippen molar-refractivity contribution in [1.29, 1.82) is 0 Å². The number of hydrogen-bond acceptors (Lipinski definition) is 3. The van der Waals surface area contributed by atoms with Gasteiger partial charge in [0.2, 0.25) is 5.91 Å². The standard InChI is InChI=1S/C15H12N2O2/c1-9-8-13(17-19-9)12-7-6-10-4-2-3-5-11(10)14(12)15(16)18/h2-8H,1H3,(H2,16,18). The summed E-state index contributed by atoms with van der Waals surface area (Å²) in [7, 11) is 0. The SMILES string of the molecule is Cc1cc(-c2ccc3ccccc3c2C(N)=O)no1. The molecule has 4 nitrogen and oxygen atoms in total. The Morgan fingerprint density at radius 3 is 2.68 bits per heavy atom. The highest BCUT2D eigenvalue weighted by molar-refractivity contribution is 6.11. The van der Waals surface area contributed by atoms with Crippen molar-refractivity contribution in [3.8, 4) is 11.3 Å². The Kier molecular flexibility index (Phi) is 2.56. The second kappa shape index (κ2) is 4.24. The van der Waals surface area contributed by atoms with E-state index in [4.69, 9.17) is 10.3 Å². The molecule has 1 amide bonds. The smallest absolute Gasteiger partial charge is 0.250 e. The average molecular weight is 252 g/mol. The molecule has 3 aromatic rings. The van der Waals surface area contributed by atoms with Gasteiger partial charge in [-0.1, -0.05) is 41.6 Å². The fourth-order valence-corrected chi connectivity index (χ4v) is 2.24. The van der Waals surface area contributed by atoms with Crippen molar-refractivity contribution in [1.82, 2.24) is 5.16 Å². The lowest BCUT2D eigenvalue weighted by Gasteiger charge is -2.08. The summed E-state index contributed by atoms with van der Waals surface area (Å²) in [4.78, 5) is 11.8. The van der Waals surface area contributed by atoms with Crippen molar-refractivity contribution in [2.75, 3.05) is 0 Å². The topological polar surface area (TPSA) is 69.1 Å². The summed E-state index contributed by atoms with van der Waals surface area (Å²) in [6, 6.07) is 13.2. The Bertz CT molecular complexity index is 775. The van der Waals surface area contributed by atoms with Gasteiger partial charge in [-0.15, -0.1) is 0 Å². The monoisotopic (exact) mass is 252 g/mol. The first-order valence-electron chi connectivity index (χ1n) is 5.92. The number of aryl methyl sites for hydroxylation is 1. The van der Waals surface area contributed by atoms with Crippen LogP contribution in [-0.4, -0.2) is 11.1 Å². The van der Waals surface area contributed by atoms with Crippen LogP contribution in [0.4, 0.5) is 0 Å². The minimum absolute atomic E-state index is 0.465. The van der Waals surface area contributed by atoms with Crippen LogP contribution in [0.2, 0.25) is 0 Å². The number of carbonyl (C=O) groups excluding carboxylic acids is 1. The zero-order chi connectivity index (χ0) is 13.4. The van der Waals surface area contributed by atoms with E-state index in [1.165, 1.54) is 0 Å². The van der Waals surface area contributed by atoms with Crippen molar-refractivity contribution in [2.45, 2.75) is 6.92 Å². The van der Waals surface area contributed by atoms with Crippen LogP contribution < -0.4 is 5.73 Å². The average Bonchev–Trinajstić information content (AvgIpc) is 2.83. The van der Waals surface area contributed by atoms with Gasteiger partial charge in [-0.05, 0) is 17.7 Å². The number of carbonyl (C=O) groups is 1. The Balaban J connectivity index is 2.36. The van der Waals surface area contributed by atoms with Gasteiger partial charge in [-0.2, -0.15) is 0 Å². The minimum Gasteiger partial charge on any atom is -0.366 e. The lowest BCUT2D eigenvalue weighted by Crippen LogP contribution is -2.13. The van der Waals surface area contributed by atoms with E-state index in [-0.39, 0.29) is 0 Å². The van der Waals surface area contributed by atoms with Crippen LogP contribution in [-0.2, 0) is 0 Å². The van der Waals surface area contributed by atoms with Crippen molar-refractivity contribution in [2.24, 2.45) is 5.73 Å². The molecule has 0 fully saturated rings. The lowest BCUT2D eigenvalue weighted by molar-refractivity contribution is 0.100. The first-order chi connectivity index (χ1) is 9.16. The van der Waals surface area contributed by atoms with Crippen LogP contribution in [0.5, 0.6) is 0 Å². The number of aromatic nitrogens is 1. The van der Waals surface area contributed by atoms with Crippen molar-refractivity contribution >= 4 is 16.7 Å². The van der Waals surface area contributed by atoms with Crippen molar-refractivity contribution < 1.29 is 9.32 Å². The third-order valence-electron chi connectivity index (χ3n) is 3.08. The lowest BCUT2D eigenvalue weighted by atomic mass is 9.96. The third-order valence-corrected chi connectivity index (χ3v) is 3.08. The molecule has 0 aliphatic carbocycles. The Morgan fingerprint density at radius 2 is 2.00 bits per heavy atom. The van der Waals surface area contributed by atoms with Crippen LogP contribution in [0.1, 0.15) is 16.1 Å². The molecule has 0 saturated carbocycles. The fraction of sp³-hybridized carbons (Fsp3) is 0.0667. The normalized spacial score (nSPS) is 10.8. The number of benzene rings is 2. The number of primary amides is 1. The van der Waals surface area contributed by atoms with Gasteiger partial charge in [-0.3, -0.25) is 4.79 Å². The molecular weight excluding hydrogens is 240 g/mol. The number of nitrogens with two attached hydrogens (primary N) is 1. The number of hydrogen-bond donors (Lipinski definition) is 1. The second-order valence-corrected chi connectivity index (χ2v) is 4.40. The minimum atomic E-state index is -0.465. The van der Waals surface area contributed by atoms with Gasteiger partial charge in [0.1, 0.15) is 11.5 Å². The molecule has 4 heteroatoms. The van der Waals surface area contributed by atoms with Gasteiger partial charge in [-0.25, -0.2) is 0 Å². The zero-order valence-electron chi connectivity index (χ0n) is 10.4. The molecule has 94 valence electrons. The van der Waals surface area contributed by atoms with Crippen molar-refractivity contribution in [3.05, 3.63) is 53.8 Å².